The Morgan fingerprint density at radius 2 is 2.05 bits per heavy atom. The minimum atomic E-state index is -0.505. The zero-order valence-corrected chi connectivity index (χ0v) is 12.2. The van der Waals surface area contributed by atoms with Gasteiger partial charge in [-0.3, -0.25) is 10.1 Å². The molecule has 0 amide bonds. The number of hydrogen-bond acceptors (Lipinski definition) is 4. The van der Waals surface area contributed by atoms with Crippen LogP contribution >= 0.6 is 12.2 Å². The van der Waals surface area contributed by atoms with E-state index in [-0.39, 0.29) is 23.0 Å². The van der Waals surface area contributed by atoms with Crippen LogP contribution in [0.3, 0.4) is 0 Å². The highest BCUT2D eigenvalue weighted by atomic mass is 32.1. The van der Waals surface area contributed by atoms with Gasteiger partial charge in [-0.25, -0.2) is 0 Å². The average molecular weight is 302 g/mol. The highest BCUT2D eigenvalue weighted by Crippen LogP contribution is 2.29. The summed E-state index contributed by atoms with van der Waals surface area (Å²) < 4.78 is 5.57. The third-order valence-electron chi connectivity index (χ3n) is 3.08. The zero-order valence-electron chi connectivity index (χ0n) is 11.4. The van der Waals surface area contributed by atoms with Crippen molar-refractivity contribution in [2.45, 2.75) is 13.5 Å². The Morgan fingerprint density at radius 1 is 1.33 bits per heavy atom. The minimum Gasteiger partial charge on any atom is -0.482 e. The second-order valence-corrected chi connectivity index (χ2v) is 4.96. The van der Waals surface area contributed by atoms with E-state index in [1.54, 1.807) is 6.07 Å². The normalized spacial score (nSPS) is 10.1. The first-order valence-electron chi connectivity index (χ1n) is 6.24. The van der Waals surface area contributed by atoms with E-state index in [1.807, 2.05) is 31.2 Å². The van der Waals surface area contributed by atoms with Crippen molar-refractivity contribution in [3.8, 4) is 5.75 Å². The first-order valence-corrected chi connectivity index (χ1v) is 6.65. The maximum absolute atomic E-state index is 11.1. The quantitative estimate of drug-likeness (QED) is 0.521. The second-order valence-electron chi connectivity index (χ2n) is 4.52. The van der Waals surface area contributed by atoms with Gasteiger partial charge in [0.05, 0.1) is 4.92 Å². The van der Waals surface area contributed by atoms with E-state index in [2.05, 4.69) is 0 Å². The van der Waals surface area contributed by atoms with Gasteiger partial charge in [-0.15, -0.1) is 0 Å². The summed E-state index contributed by atoms with van der Waals surface area (Å²) in [6.45, 7) is 2.23. The molecule has 2 aromatic rings. The molecule has 0 radical (unpaired) electrons. The molecule has 0 saturated heterocycles. The predicted molar refractivity (Wildman–Crippen MR) is 84.5 cm³/mol. The number of nitrogens with two attached hydrogens (primary N) is 1. The van der Waals surface area contributed by atoms with Crippen molar-refractivity contribution in [1.82, 2.24) is 0 Å². The predicted octanol–water partition coefficient (Wildman–Crippen LogP) is 3.12. The summed E-state index contributed by atoms with van der Waals surface area (Å²) in [5, 5.41) is 11.1. The molecule has 0 saturated carbocycles. The van der Waals surface area contributed by atoms with Gasteiger partial charge in [-0.2, -0.15) is 0 Å². The van der Waals surface area contributed by atoms with E-state index < -0.39 is 4.92 Å². The summed E-state index contributed by atoms with van der Waals surface area (Å²) in [5.41, 5.74) is 7.83. The molecule has 0 unspecified atom stereocenters. The van der Waals surface area contributed by atoms with Crippen molar-refractivity contribution < 1.29 is 9.66 Å². The average Bonchev–Trinajstić information content (AvgIpc) is 2.46. The van der Waals surface area contributed by atoms with E-state index >= 15 is 0 Å². The SMILES string of the molecule is Cc1ccccc1COc1ccc(C(N)=S)cc1[N+](=O)[O-]. The maximum Gasteiger partial charge on any atom is 0.311 e. The molecule has 2 aromatic carbocycles. The summed E-state index contributed by atoms with van der Waals surface area (Å²) in [4.78, 5) is 10.7. The van der Waals surface area contributed by atoms with Gasteiger partial charge in [0.15, 0.2) is 5.75 Å². The topological polar surface area (TPSA) is 78.4 Å². The van der Waals surface area contributed by atoms with E-state index in [0.717, 1.165) is 11.1 Å². The van der Waals surface area contributed by atoms with E-state index in [9.17, 15) is 10.1 Å². The zero-order chi connectivity index (χ0) is 15.4. The van der Waals surface area contributed by atoms with Crippen LogP contribution in [-0.4, -0.2) is 9.91 Å². The summed E-state index contributed by atoms with van der Waals surface area (Å²) in [7, 11) is 0. The Hall–Kier alpha value is -2.47. The molecule has 0 spiro atoms. The number of nitrogens with zero attached hydrogens (tertiary/aromatic N) is 1. The van der Waals surface area contributed by atoms with Crippen LogP contribution in [0.2, 0.25) is 0 Å². The molecule has 0 fully saturated rings. The molecule has 108 valence electrons. The summed E-state index contributed by atoms with van der Waals surface area (Å²) >= 11 is 4.82. The smallest absolute Gasteiger partial charge is 0.311 e. The fourth-order valence-corrected chi connectivity index (χ4v) is 1.99. The largest absolute Gasteiger partial charge is 0.482 e. The van der Waals surface area contributed by atoms with E-state index in [0.29, 0.717) is 5.56 Å². The molecular formula is C15H14N2O3S. The number of ether oxygens (including phenoxy) is 1. The summed E-state index contributed by atoms with van der Waals surface area (Å²) in [5.74, 6) is 0.197. The lowest BCUT2D eigenvalue weighted by Crippen LogP contribution is -2.10. The van der Waals surface area contributed by atoms with Gasteiger partial charge in [0.2, 0.25) is 0 Å². The molecule has 0 atom stereocenters. The third-order valence-corrected chi connectivity index (χ3v) is 3.32. The van der Waals surface area contributed by atoms with Crippen LogP contribution in [0.25, 0.3) is 0 Å². The molecule has 2 rings (SSSR count). The van der Waals surface area contributed by atoms with Crippen molar-refractivity contribution >= 4 is 22.9 Å². The summed E-state index contributed by atoms with van der Waals surface area (Å²) in [6, 6.07) is 12.2. The Morgan fingerprint density at radius 3 is 2.67 bits per heavy atom. The number of benzene rings is 2. The van der Waals surface area contributed by atoms with Gasteiger partial charge in [0.25, 0.3) is 0 Å². The molecular weight excluding hydrogens is 288 g/mol. The fraction of sp³-hybridized carbons (Fsp3) is 0.133. The van der Waals surface area contributed by atoms with E-state index in [4.69, 9.17) is 22.7 Å². The minimum absolute atomic E-state index is 0.114. The van der Waals surface area contributed by atoms with Crippen molar-refractivity contribution in [1.29, 1.82) is 0 Å². The fourth-order valence-electron chi connectivity index (χ4n) is 1.86. The molecule has 21 heavy (non-hydrogen) atoms. The van der Waals surface area contributed by atoms with Crippen molar-refractivity contribution in [3.05, 3.63) is 69.3 Å². The second kappa shape index (κ2) is 6.32. The molecule has 0 aromatic heterocycles. The molecule has 6 heteroatoms. The maximum atomic E-state index is 11.1. The van der Waals surface area contributed by atoms with Gasteiger partial charge in [0, 0.05) is 11.6 Å². The van der Waals surface area contributed by atoms with Crippen LogP contribution in [0.15, 0.2) is 42.5 Å². The highest BCUT2D eigenvalue weighted by Gasteiger charge is 2.17. The molecule has 2 N–H and O–H groups in total. The molecule has 0 aliphatic heterocycles. The van der Waals surface area contributed by atoms with E-state index in [1.165, 1.54) is 12.1 Å². The number of nitro groups is 1. The monoisotopic (exact) mass is 302 g/mol. The lowest BCUT2D eigenvalue weighted by Gasteiger charge is -2.09. The molecule has 5 nitrogen and oxygen atoms in total. The van der Waals surface area contributed by atoms with Gasteiger partial charge < -0.3 is 10.5 Å². The van der Waals surface area contributed by atoms with Gasteiger partial charge in [0.1, 0.15) is 11.6 Å². The van der Waals surface area contributed by atoms with Crippen molar-refractivity contribution in [3.63, 3.8) is 0 Å². The van der Waals surface area contributed by atoms with Crippen molar-refractivity contribution in [2.75, 3.05) is 0 Å². The number of rotatable bonds is 5. The van der Waals surface area contributed by atoms with Gasteiger partial charge in [-0.1, -0.05) is 36.5 Å². The van der Waals surface area contributed by atoms with Crippen LogP contribution in [0.4, 0.5) is 5.69 Å². The number of thiocarbonyl (C=S) groups is 1. The first kappa shape index (κ1) is 14.9. The number of nitro benzene ring substituents is 1. The van der Waals surface area contributed by atoms with Crippen LogP contribution in [0.1, 0.15) is 16.7 Å². The standard InChI is InChI=1S/C15H14N2O3S/c1-10-4-2-3-5-12(10)9-20-14-7-6-11(15(16)21)8-13(14)17(18)19/h2-8H,9H2,1H3,(H2,16,21). The first-order chi connectivity index (χ1) is 9.99. The van der Waals surface area contributed by atoms with Crippen LogP contribution < -0.4 is 10.5 Å². The summed E-state index contributed by atoms with van der Waals surface area (Å²) in [6.07, 6.45) is 0. The lowest BCUT2D eigenvalue weighted by atomic mass is 10.1. The van der Waals surface area contributed by atoms with Crippen molar-refractivity contribution in [2.24, 2.45) is 5.73 Å². The van der Waals surface area contributed by atoms with Crippen LogP contribution in [-0.2, 0) is 6.61 Å². The molecule has 0 aliphatic rings. The Labute approximate surface area is 127 Å². The van der Waals surface area contributed by atoms with Gasteiger partial charge >= 0.3 is 5.69 Å². The Bertz CT molecular complexity index is 701. The molecule has 0 bridgehead atoms. The van der Waals surface area contributed by atoms with Crippen LogP contribution in [0, 0.1) is 17.0 Å². The Balaban J connectivity index is 2.26. The Kier molecular flexibility index (Phi) is 4.49. The molecule has 0 aliphatic carbocycles. The third kappa shape index (κ3) is 3.55. The lowest BCUT2D eigenvalue weighted by molar-refractivity contribution is -0.386. The molecule has 0 heterocycles. The van der Waals surface area contributed by atoms with Gasteiger partial charge in [-0.05, 0) is 30.2 Å². The number of hydrogen-bond donors (Lipinski definition) is 1. The highest BCUT2D eigenvalue weighted by molar-refractivity contribution is 7.80. The van der Waals surface area contributed by atoms with Crippen LogP contribution in [0.5, 0.6) is 5.75 Å². The number of aryl methyl sites for hydroxylation is 1.